The highest BCUT2D eigenvalue weighted by molar-refractivity contribution is 6.00. The van der Waals surface area contributed by atoms with Gasteiger partial charge in [0.1, 0.15) is 17.0 Å². The molecule has 6 nitrogen and oxygen atoms in total. The van der Waals surface area contributed by atoms with E-state index < -0.39 is 17.4 Å². The molecule has 1 aliphatic rings. The summed E-state index contributed by atoms with van der Waals surface area (Å²) >= 11 is 0. The van der Waals surface area contributed by atoms with Crippen LogP contribution in [-0.4, -0.2) is 32.7 Å². The summed E-state index contributed by atoms with van der Waals surface area (Å²) in [6.07, 6.45) is 1.49. The standard InChI is InChI=1S/C13H15NO5/c1-13(12(18)19,7-2-3-7)14-11(17)9-6-8(15)4-5-10(9)16/h4-7,15-16H,2-3H2,1H3,(H,14,17)(H,18,19). The predicted molar refractivity (Wildman–Crippen MR) is 66.0 cm³/mol. The van der Waals surface area contributed by atoms with Crippen LogP contribution in [-0.2, 0) is 4.79 Å². The molecule has 1 aromatic carbocycles. The molecule has 0 radical (unpaired) electrons. The van der Waals surface area contributed by atoms with Gasteiger partial charge in [-0.3, -0.25) is 4.79 Å². The van der Waals surface area contributed by atoms with Crippen molar-refractivity contribution in [2.24, 2.45) is 5.92 Å². The van der Waals surface area contributed by atoms with Gasteiger partial charge in [0.05, 0.1) is 5.56 Å². The summed E-state index contributed by atoms with van der Waals surface area (Å²) in [6, 6.07) is 3.52. The van der Waals surface area contributed by atoms with Gasteiger partial charge in [0.15, 0.2) is 0 Å². The van der Waals surface area contributed by atoms with Crippen LogP contribution in [0.2, 0.25) is 0 Å². The molecule has 1 atom stereocenters. The zero-order valence-corrected chi connectivity index (χ0v) is 10.4. The highest BCUT2D eigenvalue weighted by atomic mass is 16.4. The summed E-state index contributed by atoms with van der Waals surface area (Å²) in [6.45, 7) is 1.45. The van der Waals surface area contributed by atoms with Crippen LogP contribution in [0.15, 0.2) is 18.2 Å². The Morgan fingerprint density at radius 3 is 2.47 bits per heavy atom. The number of carboxylic acid groups (broad SMARTS) is 1. The Bertz CT molecular complexity index is 538. The highest BCUT2D eigenvalue weighted by Crippen LogP contribution is 2.40. The molecule has 19 heavy (non-hydrogen) atoms. The van der Waals surface area contributed by atoms with Gasteiger partial charge in [-0.25, -0.2) is 4.79 Å². The third kappa shape index (κ3) is 2.47. The SMILES string of the molecule is CC(NC(=O)c1cc(O)ccc1O)(C(=O)O)C1CC1. The average Bonchev–Trinajstić information content (AvgIpc) is 3.16. The van der Waals surface area contributed by atoms with E-state index >= 15 is 0 Å². The Kier molecular flexibility index (Phi) is 3.09. The van der Waals surface area contributed by atoms with Crippen LogP contribution in [0.25, 0.3) is 0 Å². The summed E-state index contributed by atoms with van der Waals surface area (Å²) in [7, 11) is 0. The molecule has 0 bridgehead atoms. The molecule has 1 saturated carbocycles. The van der Waals surface area contributed by atoms with E-state index in [1.54, 1.807) is 0 Å². The lowest BCUT2D eigenvalue weighted by molar-refractivity contribution is -0.144. The van der Waals surface area contributed by atoms with Gasteiger partial charge in [0.2, 0.25) is 0 Å². The number of benzene rings is 1. The molecule has 0 heterocycles. The zero-order valence-electron chi connectivity index (χ0n) is 10.4. The molecule has 2 rings (SSSR count). The molecule has 1 fully saturated rings. The molecule has 6 heteroatoms. The number of aromatic hydroxyl groups is 2. The fourth-order valence-corrected chi connectivity index (χ4v) is 2.00. The van der Waals surface area contributed by atoms with Gasteiger partial charge in [-0.2, -0.15) is 0 Å². The first-order chi connectivity index (χ1) is 8.84. The average molecular weight is 265 g/mol. The second kappa shape index (κ2) is 4.46. The summed E-state index contributed by atoms with van der Waals surface area (Å²) in [5.41, 5.74) is -1.50. The van der Waals surface area contributed by atoms with Crippen molar-refractivity contribution < 1.29 is 24.9 Å². The van der Waals surface area contributed by atoms with Crippen LogP contribution in [0, 0.1) is 5.92 Å². The number of amides is 1. The Hall–Kier alpha value is -2.24. The van der Waals surface area contributed by atoms with Crippen LogP contribution in [0.3, 0.4) is 0 Å². The summed E-state index contributed by atoms with van der Waals surface area (Å²) < 4.78 is 0. The van der Waals surface area contributed by atoms with Crippen LogP contribution in [0.4, 0.5) is 0 Å². The number of aliphatic carboxylic acids is 1. The normalized spacial score (nSPS) is 17.5. The molecule has 4 N–H and O–H groups in total. The monoisotopic (exact) mass is 265 g/mol. The van der Waals surface area contributed by atoms with Crippen molar-refractivity contribution in [1.29, 1.82) is 0 Å². The maximum Gasteiger partial charge on any atom is 0.329 e. The van der Waals surface area contributed by atoms with Gasteiger partial charge in [-0.15, -0.1) is 0 Å². The second-order valence-electron chi connectivity index (χ2n) is 4.94. The number of hydrogen-bond donors (Lipinski definition) is 4. The van der Waals surface area contributed by atoms with Gasteiger partial charge >= 0.3 is 5.97 Å². The van der Waals surface area contributed by atoms with Crippen LogP contribution in [0.5, 0.6) is 11.5 Å². The number of phenols is 2. The Morgan fingerprint density at radius 1 is 1.32 bits per heavy atom. The van der Waals surface area contributed by atoms with Gasteiger partial charge in [0, 0.05) is 0 Å². The molecule has 1 aromatic rings. The fourth-order valence-electron chi connectivity index (χ4n) is 2.00. The van der Waals surface area contributed by atoms with E-state index in [0.717, 1.165) is 18.9 Å². The lowest BCUT2D eigenvalue weighted by atomic mass is 9.95. The van der Waals surface area contributed by atoms with Crippen LogP contribution >= 0.6 is 0 Å². The van der Waals surface area contributed by atoms with E-state index in [-0.39, 0.29) is 23.0 Å². The molecule has 0 spiro atoms. The van der Waals surface area contributed by atoms with Gasteiger partial charge in [-0.05, 0) is 43.9 Å². The van der Waals surface area contributed by atoms with E-state index in [4.69, 9.17) is 0 Å². The van der Waals surface area contributed by atoms with Gasteiger partial charge < -0.3 is 20.6 Å². The summed E-state index contributed by atoms with van der Waals surface area (Å²) in [5.74, 6) is -2.41. The van der Waals surface area contributed by atoms with E-state index in [0.29, 0.717) is 0 Å². The largest absolute Gasteiger partial charge is 0.508 e. The lowest BCUT2D eigenvalue weighted by Crippen LogP contribution is -2.54. The van der Waals surface area contributed by atoms with E-state index in [2.05, 4.69) is 5.32 Å². The number of hydrogen-bond acceptors (Lipinski definition) is 4. The van der Waals surface area contributed by atoms with E-state index in [1.165, 1.54) is 19.1 Å². The third-order valence-corrected chi connectivity index (χ3v) is 3.44. The minimum Gasteiger partial charge on any atom is -0.508 e. The van der Waals surface area contributed by atoms with E-state index in [1.807, 2.05) is 0 Å². The molecule has 1 aliphatic carbocycles. The highest BCUT2D eigenvalue weighted by Gasteiger charge is 2.48. The summed E-state index contributed by atoms with van der Waals surface area (Å²) in [5, 5.41) is 30.5. The first kappa shape index (κ1) is 13.2. The fraction of sp³-hybridized carbons (Fsp3) is 0.385. The molecular weight excluding hydrogens is 250 g/mol. The Labute approximate surface area is 109 Å². The second-order valence-corrected chi connectivity index (χ2v) is 4.94. The number of carbonyl (C=O) groups excluding carboxylic acids is 1. The van der Waals surface area contributed by atoms with Crippen molar-refractivity contribution in [1.82, 2.24) is 5.32 Å². The van der Waals surface area contributed by atoms with Crippen molar-refractivity contribution >= 4 is 11.9 Å². The minimum atomic E-state index is -1.35. The van der Waals surface area contributed by atoms with Crippen molar-refractivity contribution in [3.63, 3.8) is 0 Å². The first-order valence-corrected chi connectivity index (χ1v) is 5.92. The molecule has 1 unspecified atom stereocenters. The minimum absolute atomic E-state index is 0.103. The van der Waals surface area contributed by atoms with Crippen molar-refractivity contribution in [2.75, 3.05) is 0 Å². The quantitative estimate of drug-likeness (QED) is 0.609. The summed E-state index contributed by atoms with van der Waals surface area (Å²) in [4.78, 5) is 23.3. The third-order valence-electron chi connectivity index (χ3n) is 3.44. The zero-order chi connectivity index (χ0) is 14.2. The van der Waals surface area contributed by atoms with Crippen molar-refractivity contribution in [3.05, 3.63) is 23.8 Å². The smallest absolute Gasteiger partial charge is 0.329 e. The first-order valence-electron chi connectivity index (χ1n) is 5.92. The number of phenolic OH excluding ortho intramolecular Hbond substituents is 2. The van der Waals surface area contributed by atoms with Crippen molar-refractivity contribution in [2.45, 2.75) is 25.3 Å². The van der Waals surface area contributed by atoms with Crippen LogP contribution in [0.1, 0.15) is 30.1 Å². The maximum atomic E-state index is 12.0. The Balaban J connectivity index is 2.25. The molecule has 0 saturated heterocycles. The lowest BCUT2D eigenvalue weighted by Gasteiger charge is -2.26. The predicted octanol–water partition coefficient (Wildman–Crippen LogP) is 1.08. The molecule has 0 aliphatic heterocycles. The van der Waals surface area contributed by atoms with Crippen LogP contribution < -0.4 is 5.32 Å². The molecular formula is C13H15NO5. The number of rotatable bonds is 4. The molecule has 102 valence electrons. The van der Waals surface area contributed by atoms with Crippen molar-refractivity contribution in [3.8, 4) is 11.5 Å². The number of nitrogens with one attached hydrogen (secondary N) is 1. The molecule has 1 amide bonds. The topological polar surface area (TPSA) is 107 Å². The van der Waals surface area contributed by atoms with E-state index in [9.17, 15) is 24.9 Å². The molecule has 0 aromatic heterocycles. The van der Waals surface area contributed by atoms with Gasteiger partial charge in [-0.1, -0.05) is 0 Å². The number of carboxylic acids is 1. The number of carbonyl (C=O) groups is 2. The van der Waals surface area contributed by atoms with Gasteiger partial charge in [0.25, 0.3) is 5.91 Å². The maximum absolute atomic E-state index is 12.0. The Morgan fingerprint density at radius 2 is 1.95 bits per heavy atom.